The smallest absolute Gasteiger partial charge is 0.328 e. The number of aliphatic carboxylic acids is 1. The first-order valence-electron chi connectivity index (χ1n) is 4.22. The highest BCUT2D eigenvalue weighted by atomic mass is 127. The fraction of sp³-hybridized carbons (Fsp3) is 0.500. The van der Waals surface area contributed by atoms with E-state index in [0.717, 1.165) is 4.68 Å². The van der Waals surface area contributed by atoms with Crippen molar-refractivity contribution < 1.29 is 18.7 Å². The minimum absolute atomic E-state index is 0.215. The molecule has 0 spiro atoms. The highest BCUT2D eigenvalue weighted by molar-refractivity contribution is 14.1. The van der Waals surface area contributed by atoms with Gasteiger partial charge in [-0.25, -0.2) is 18.3 Å². The summed E-state index contributed by atoms with van der Waals surface area (Å²) in [4.78, 5) is 10.8. The quantitative estimate of drug-likeness (QED) is 0.863. The van der Waals surface area contributed by atoms with E-state index in [2.05, 4.69) is 5.10 Å². The Labute approximate surface area is 98.4 Å². The van der Waals surface area contributed by atoms with Gasteiger partial charge in [0.15, 0.2) is 0 Å². The number of hydrogen-bond acceptors (Lipinski definition) is 2. The zero-order valence-corrected chi connectivity index (χ0v) is 9.98. The van der Waals surface area contributed by atoms with Crippen molar-refractivity contribution in [2.24, 2.45) is 0 Å². The highest BCUT2D eigenvalue weighted by Gasteiger charge is 2.26. The second kappa shape index (κ2) is 4.86. The molecule has 4 nitrogen and oxygen atoms in total. The molecule has 7 heteroatoms. The van der Waals surface area contributed by atoms with Gasteiger partial charge in [-0.15, -0.1) is 0 Å². The Morgan fingerprint density at radius 1 is 1.73 bits per heavy atom. The van der Waals surface area contributed by atoms with Gasteiger partial charge in [-0.1, -0.05) is 6.92 Å². The number of halogens is 3. The normalized spacial score (nSPS) is 13.1. The molecule has 1 N–H and O–H groups in total. The van der Waals surface area contributed by atoms with Gasteiger partial charge in [-0.3, -0.25) is 0 Å². The van der Waals surface area contributed by atoms with Crippen LogP contribution in [0.3, 0.4) is 0 Å². The number of carboxylic acid groups (broad SMARTS) is 1. The molecular formula is C8H9F2IN2O2. The molecular weight excluding hydrogens is 321 g/mol. The predicted molar refractivity (Wildman–Crippen MR) is 56.9 cm³/mol. The fourth-order valence-electron chi connectivity index (χ4n) is 1.26. The SMILES string of the molecule is CCC(C(=O)O)n1ncc(I)c1C(F)F. The van der Waals surface area contributed by atoms with Crippen molar-refractivity contribution in [2.75, 3.05) is 0 Å². The summed E-state index contributed by atoms with van der Waals surface area (Å²) in [7, 11) is 0. The molecule has 0 amide bonds. The van der Waals surface area contributed by atoms with Crippen molar-refractivity contribution >= 4 is 28.6 Å². The molecule has 0 bridgehead atoms. The lowest BCUT2D eigenvalue weighted by Gasteiger charge is -2.13. The molecule has 0 fully saturated rings. The van der Waals surface area contributed by atoms with Gasteiger partial charge >= 0.3 is 5.97 Å². The highest BCUT2D eigenvalue weighted by Crippen LogP contribution is 2.27. The molecule has 84 valence electrons. The van der Waals surface area contributed by atoms with Crippen LogP contribution in [-0.2, 0) is 4.79 Å². The Morgan fingerprint density at radius 2 is 2.33 bits per heavy atom. The number of aromatic nitrogens is 2. The Hall–Kier alpha value is -0.730. The fourth-order valence-corrected chi connectivity index (χ4v) is 1.86. The summed E-state index contributed by atoms with van der Waals surface area (Å²) in [6.07, 6.45) is -1.26. The summed E-state index contributed by atoms with van der Waals surface area (Å²) in [6, 6.07) is -1.03. The second-order valence-corrected chi connectivity index (χ2v) is 4.05. The molecule has 0 aliphatic heterocycles. The molecule has 0 aromatic carbocycles. The van der Waals surface area contributed by atoms with Crippen molar-refractivity contribution in [1.29, 1.82) is 0 Å². The van der Waals surface area contributed by atoms with Crippen LogP contribution in [0.5, 0.6) is 0 Å². The molecule has 0 saturated carbocycles. The topological polar surface area (TPSA) is 55.1 Å². The van der Waals surface area contributed by atoms with Crippen LogP contribution in [0.4, 0.5) is 8.78 Å². The van der Waals surface area contributed by atoms with Gasteiger partial charge in [-0.2, -0.15) is 5.10 Å². The summed E-state index contributed by atoms with van der Waals surface area (Å²) < 4.78 is 26.4. The predicted octanol–water partition coefficient (Wildman–Crippen LogP) is 2.46. The number of rotatable bonds is 4. The Bertz CT molecular complexity index is 368. The van der Waals surface area contributed by atoms with Gasteiger partial charge in [-0.05, 0) is 29.0 Å². The number of alkyl halides is 2. The lowest BCUT2D eigenvalue weighted by Crippen LogP contribution is -2.21. The van der Waals surface area contributed by atoms with E-state index in [-0.39, 0.29) is 15.7 Å². The van der Waals surface area contributed by atoms with Crippen LogP contribution in [0.2, 0.25) is 0 Å². The molecule has 15 heavy (non-hydrogen) atoms. The van der Waals surface area contributed by atoms with Gasteiger partial charge in [0.25, 0.3) is 6.43 Å². The van der Waals surface area contributed by atoms with Crippen molar-refractivity contribution in [2.45, 2.75) is 25.8 Å². The van der Waals surface area contributed by atoms with Crippen LogP contribution in [-0.4, -0.2) is 20.9 Å². The molecule has 1 unspecified atom stereocenters. The zero-order valence-electron chi connectivity index (χ0n) is 7.82. The third-order valence-corrected chi connectivity index (χ3v) is 2.79. The van der Waals surface area contributed by atoms with Crippen molar-refractivity contribution in [3.05, 3.63) is 15.5 Å². The van der Waals surface area contributed by atoms with Crippen LogP contribution >= 0.6 is 22.6 Å². The number of carbonyl (C=O) groups is 1. The van der Waals surface area contributed by atoms with Gasteiger partial charge < -0.3 is 5.11 Å². The maximum atomic E-state index is 12.6. The standard InChI is InChI=1S/C8H9F2IN2O2/c1-2-5(8(14)15)13-6(7(9)10)4(11)3-12-13/h3,5,7H,2H2,1H3,(H,14,15). The van der Waals surface area contributed by atoms with E-state index in [1.807, 2.05) is 0 Å². The first-order chi connectivity index (χ1) is 6.99. The molecule has 0 aliphatic rings. The van der Waals surface area contributed by atoms with E-state index >= 15 is 0 Å². The molecule has 0 aliphatic carbocycles. The van der Waals surface area contributed by atoms with Crippen molar-refractivity contribution in [3.8, 4) is 0 Å². The van der Waals surface area contributed by atoms with E-state index in [1.54, 1.807) is 29.5 Å². The van der Waals surface area contributed by atoms with Crippen LogP contribution < -0.4 is 0 Å². The van der Waals surface area contributed by atoms with Gasteiger partial charge in [0.2, 0.25) is 0 Å². The molecule has 1 rings (SSSR count). The van der Waals surface area contributed by atoms with E-state index in [4.69, 9.17) is 5.11 Å². The molecule has 1 atom stereocenters. The molecule has 1 heterocycles. The number of carboxylic acids is 1. The molecule has 0 radical (unpaired) electrons. The van der Waals surface area contributed by atoms with E-state index in [9.17, 15) is 13.6 Å². The van der Waals surface area contributed by atoms with Crippen molar-refractivity contribution in [1.82, 2.24) is 9.78 Å². The van der Waals surface area contributed by atoms with Crippen LogP contribution in [0.15, 0.2) is 6.20 Å². The van der Waals surface area contributed by atoms with Gasteiger partial charge in [0.1, 0.15) is 11.7 Å². The van der Waals surface area contributed by atoms with Gasteiger partial charge in [0, 0.05) is 0 Å². The van der Waals surface area contributed by atoms with Crippen LogP contribution in [0.25, 0.3) is 0 Å². The summed E-state index contributed by atoms with van der Waals surface area (Å²) in [5.41, 5.74) is -0.329. The summed E-state index contributed by atoms with van der Waals surface area (Å²) in [5, 5.41) is 12.5. The van der Waals surface area contributed by atoms with E-state index in [0.29, 0.717) is 0 Å². The average molecular weight is 330 g/mol. The minimum Gasteiger partial charge on any atom is -0.480 e. The molecule has 0 saturated heterocycles. The minimum atomic E-state index is -2.72. The third-order valence-electron chi connectivity index (χ3n) is 1.96. The summed E-state index contributed by atoms with van der Waals surface area (Å²) in [5.74, 6) is -1.15. The lowest BCUT2D eigenvalue weighted by atomic mass is 10.2. The molecule has 1 aromatic rings. The summed E-state index contributed by atoms with van der Waals surface area (Å²) in [6.45, 7) is 1.61. The average Bonchev–Trinajstić information content (AvgIpc) is 2.48. The first-order valence-corrected chi connectivity index (χ1v) is 5.30. The number of nitrogens with zero attached hydrogens (tertiary/aromatic N) is 2. The van der Waals surface area contributed by atoms with E-state index < -0.39 is 18.4 Å². The largest absolute Gasteiger partial charge is 0.480 e. The van der Waals surface area contributed by atoms with Crippen LogP contribution in [0, 0.1) is 3.57 Å². The lowest BCUT2D eigenvalue weighted by molar-refractivity contribution is -0.141. The third kappa shape index (κ3) is 2.44. The Balaban J connectivity index is 3.18. The van der Waals surface area contributed by atoms with E-state index in [1.165, 1.54) is 6.20 Å². The van der Waals surface area contributed by atoms with Crippen molar-refractivity contribution in [3.63, 3.8) is 0 Å². The first kappa shape index (κ1) is 12.3. The number of hydrogen-bond donors (Lipinski definition) is 1. The maximum absolute atomic E-state index is 12.6. The monoisotopic (exact) mass is 330 g/mol. The zero-order chi connectivity index (χ0) is 11.6. The van der Waals surface area contributed by atoms with Gasteiger partial charge in [0.05, 0.1) is 9.77 Å². The second-order valence-electron chi connectivity index (χ2n) is 2.89. The maximum Gasteiger partial charge on any atom is 0.328 e. The molecule has 1 aromatic heterocycles. The Morgan fingerprint density at radius 3 is 2.73 bits per heavy atom. The Kier molecular flexibility index (Phi) is 4.00. The summed E-state index contributed by atoms with van der Waals surface area (Å²) >= 11 is 1.71. The van der Waals surface area contributed by atoms with Crippen LogP contribution in [0.1, 0.15) is 31.5 Å².